The third-order valence-corrected chi connectivity index (χ3v) is 4.19. The van der Waals surface area contributed by atoms with Gasteiger partial charge in [0.25, 0.3) is 0 Å². The highest BCUT2D eigenvalue weighted by molar-refractivity contribution is 6.30. The number of ether oxygens (including phenoxy) is 1. The molecule has 1 aliphatic heterocycles. The molecule has 1 aromatic rings. The molecule has 20 heavy (non-hydrogen) atoms. The maximum atomic E-state index is 6.10. The van der Waals surface area contributed by atoms with Crippen LogP contribution >= 0.6 is 11.6 Å². The van der Waals surface area contributed by atoms with Crippen LogP contribution in [-0.4, -0.2) is 37.7 Å². The molecule has 1 fully saturated rings. The molecule has 112 valence electrons. The predicted molar refractivity (Wildman–Crippen MR) is 84.5 cm³/mol. The summed E-state index contributed by atoms with van der Waals surface area (Å²) in [6.45, 7) is 6.86. The van der Waals surface area contributed by atoms with Crippen LogP contribution in [0.3, 0.4) is 0 Å². The van der Waals surface area contributed by atoms with Gasteiger partial charge >= 0.3 is 0 Å². The molecule has 3 nitrogen and oxygen atoms in total. The molecule has 1 saturated heterocycles. The Morgan fingerprint density at radius 3 is 3.05 bits per heavy atom. The van der Waals surface area contributed by atoms with Crippen LogP contribution < -0.4 is 10.5 Å². The van der Waals surface area contributed by atoms with Gasteiger partial charge in [-0.2, -0.15) is 0 Å². The van der Waals surface area contributed by atoms with Crippen LogP contribution in [-0.2, 0) is 6.42 Å². The number of likely N-dealkylation sites (tertiary alicyclic amines) is 1. The first kappa shape index (κ1) is 15.6. The van der Waals surface area contributed by atoms with Crippen molar-refractivity contribution in [3.05, 3.63) is 28.8 Å². The maximum Gasteiger partial charge on any atom is 0.122 e. The van der Waals surface area contributed by atoms with Crippen molar-refractivity contribution in [1.29, 1.82) is 0 Å². The lowest BCUT2D eigenvalue weighted by atomic mass is 9.98. The van der Waals surface area contributed by atoms with Crippen LogP contribution in [0, 0.1) is 5.92 Å². The Labute approximate surface area is 127 Å². The second-order valence-electron chi connectivity index (χ2n) is 5.48. The molecule has 0 aliphatic carbocycles. The summed E-state index contributed by atoms with van der Waals surface area (Å²) in [6.07, 6.45) is 3.51. The van der Waals surface area contributed by atoms with E-state index in [-0.39, 0.29) is 0 Å². The Morgan fingerprint density at radius 2 is 2.30 bits per heavy atom. The summed E-state index contributed by atoms with van der Waals surface area (Å²) in [6, 6.07) is 5.89. The van der Waals surface area contributed by atoms with Crippen LogP contribution in [0.5, 0.6) is 5.75 Å². The van der Waals surface area contributed by atoms with E-state index in [1.54, 1.807) is 0 Å². The van der Waals surface area contributed by atoms with E-state index in [0.717, 1.165) is 36.8 Å². The molecule has 1 atom stereocenters. The molecule has 0 unspecified atom stereocenters. The van der Waals surface area contributed by atoms with E-state index >= 15 is 0 Å². The van der Waals surface area contributed by atoms with E-state index in [9.17, 15) is 0 Å². The summed E-state index contributed by atoms with van der Waals surface area (Å²) < 4.78 is 5.68. The zero-order valence-electron chi connectivity index (χ0n) is 12.3. The summed E-state index contributed by atoms with van der Waals surface area (Å²) in [4.78, 5) is 2.51. The minimum absolute atomic E-state index is 0.662. The van der Waals surface area contributed by atoms with Gasteiger partial charge in [-0.1, -0.05) is 11.6 Å². The zero-order valence-corrected chi connectivity index (χ0v) is 13.0. The first-order chi connectivity index (χ1) is 9.72. The molecule has 0 spiro atoms. The minimum Gasteiger partial charge on any atom is -0.494 e. The molecule has 2 N–H and O–H groups in total. The van der Waals surface area contributed by atoms with Crippen molar-refractivity contribution >= 4 is 11.6 Å². The van der Waals surface area contributed by atoms with Gasteiger partial charge in [-0.25, -0.2) is 0 Å². The Morgan fingerprint density at radius 1 is 1.45 bits per heavy atom. The average molecular weight is 297 g/mol. The molecule has 0 amide bonds. The number of nitrogens with two attached hydrogens (primary N) is 1. The monoisotopic (exact) mass is 296 g/mol. The molecule has 1 heterocycles. The highest BCUT2D eigenvalue weighted by Crippen LogP contribution is 2.24. The van der Waals surface area contributed by atoms with Crippen molar-refractivity contribution in [1.82, 2.24) is 4.90 Å². The van der Waals surface area contributed by atoms with Gasteiger partial charge in [-0.3, -0.25) is 0 Å². The Hall–Kier alpha value is -0.770. The molecule has 0 radical (unpaired) electrons. The van der Waals surface area contributed by atoms with E-state index in [1.165, 1.54) is 24.9 Å². The lowest BCUT2D eigenvalue weighted by Crippen LogP contribution is -2.39. The number of halogens is 1. The van der Waals surface area contributed by atoms with E-state index < -0.39 is 0 Å². The third kappa shape index (κ3) is 4.37. The van der Waals surface area contributed by atoms with Crippen molar-refractivity contribution in [2.75, 3.05) is 32.8 Å². The van der Waals surface area contributed by atoms with E-state index in [2.05, 4.69) is 4.90 Å². The predicted octanol–water partition coefficient (Wildman–Crippen LogP) is 2.95. The summed E-state index contributed by atoms with van der Waals surface area (Å²) in [5, 5.41) is 0.780. The number of hydrogen-bond donors (Lipinski definition) is 1. The standard InChI is InChI=1S/C16H25ClN2O/c1-2-20-16-6-5-15(17)10-14(16)7-9-19-8-3-4-13(11-18)12-19/h5-6,10,13H,2-4,7-9,11-12,18H2,1H3/t13-/m0/s1. The lowest BCUT2D eigenvalue weighted by molar-refractivity contribution is 0.179. The normalized spacial score (nSPS) is 20.1. The fourth-order valence-corrected chi connectivity index (χ4v) is 3.06. The van der Waals surface area contributed by atoms with Crippen molar-refractivity contribution in [3.8, 4) is 5.75 Å². The highest BCUT2D eigenvalue weighted by Gasteiger charge is 2.18. The van der Waals surface area contributed by atoms with Gasteiger partial charge in [0.05, 0.1) is 6.61 Å². The molecular formula is C16H25ClN2O. The topological polar surface area (TPSA) is 38.5 Å². The Balaban J connectivity index is 1.94. The maximum absolute atomic E-state index is 6.10. The molecule has 2 rings (SSSR count). The quantitative estimate of drug-likeness (QED) is 0.877. The van der Waals surface area contributed by atoms with Gasteiger partial charge in [0.2, 0.25) is 0 Å². The van der Waals surface area contributed by atoms with E-state index in [0.29, 0.717) is 12.5 Å². The van der Waals surface area contributed by atoms with Crippen LogP contribution in [0.15, 0.2) is 18.2 Å². The van der Waals surface area contributed by atoms with Gasteiger partial charge in [0, 0.05) is 18.1 Å². The summed E-state index contributed by atoms with van der Waals surface area (Å²) in [5.74, 6) is 1.62. The van der Waals surface area contributed by atoms with Crippen molar-refractivity contribution < 1.29 is 4.74 Å². The number of hydrogen-bond acceptors (Lipinski definition) is 3. The van der Waals surface area contributed by atoms with E-state index in [1.807, 2.05) is 25.1 Å². The first-order valence-corrected chi connectivity index (χ1v) is 7.94. The van der Waals surface area contributed by atoms with Crippen LogP contribution in [0.2, 0.25) is 5.02 Å². The van der Waals surface area contributed by atoms with Gasteiger partial charge in [-0.05, 0) is 69.0 Å². The zero-order chi connectivity index (χ0) is 14.4. The van der Waals surface area contributed by atoms with Crippen LogP contribution in [0.1, 0.15) is 25.3 Å². The minimum atomic E-state index is 0.662. The van der Waals surface area contributed by atoms with Crippen molar-refractivity contribution in [2.45, 2.75) is 26.2 Å². The number of piperidine rings is 1. The SMILES string of the molecule is CCOc1ccc(Cl)cc1CCN1CCC[C@@H](CN)C1. The Bertz CT molecular complexity index is 425. The molecule has 0 bridgehead atoms. The molecule has 4 heteroatoms. The van der Waals surface area contributed by atoms with Gasteiger partial charge in [0.1, 0.15) is 5.75 Å². The van der Waals surface area contributed by atoms with Crippen molar-refractivity contribution in [3.63, 3.8) is 0 Å². The number of rotatable bonds is 6. The lowest BCUT2D eigenvalue weighted by Gasteiger charge is -2.32. The molecule has 0 saturated carbocycles. The van der Waals surface area contributed by atoms with Crippen LogP contribution in [0.4, 0.5) is 0 Å². The smallest absolute Gasteiger partial charge is 0.122 e. The fraction of sp³-hybridized carbons (Fsp3) is 0.625. The molecule has 0 aromatic heterocycles. The second-order valence-corrected chi connectivity index (χ2v) is 5.92. The van der Waals surface area contributed by atoms with Gasteiger partial charge < -0.3 is 15.4 Å². The van der Waals surface area contributed by atoms with Gasteiger partial charge in [0.15, 0.2) is 0 Å². The third-order valence-electron chi connectivity index (χ3n) is 3.96. The number of benzene rings is 1. The van der Waals surface area contributed by atoms with Crippen LogP contribution in [0.25, 0.3) is 0 Å². The molecule has 1 aromatic carbocycles. The second kappa shape index (κ2) is 7.87. The van der Waals surface area contributed by atoms with Crippen molar-refractivity contribution in [2.24, 2.45) is 11.7 Å². The Kier molecular flexibility index (Phi) is 6.14. The first-order valence-electron chi connectivity index (χ1n) is 7.56. The summed E-state index contributed by atoms with van der Waals surface area (Å²) in [7, 11) is 0. The average Bonchev–Trinajstić information content (AvgIpc) is 2.48. The van der Waals surface area contributed by atoms with E-state index in [4.69, 9.17) is 22.1 Å². The number of nitrogens with zero attached hydrogens (tertiary/aromatic N) is 1. The molecule has 1 aliphatic rings. The molecular weight excluding hydrogens is 272 g/mol. The largest absolute Gasteiger partial charge is 0.494 e. The highest BCUT2D eigenvalue weighted by atomic mass is 35.5. The van der Waals surface area contributed by atoms with Gasteiger partial charge in [-0.15, -0.1) is 0 Å². The summed E-state index contributed by atoms with van der Waals surface area (Å²) in [5.41, 5.74) is 7.00. The summed E-state index contributed by atoms with van der Waals surface area (Å²) >= 11 is 6.10. The fourth-order valence-electron chi connectivity index (χ4n) is 2.87.